The second-order valence-electron chi connectivity index (χ2n) is 6.05. The number of nitrogens with zero attached hydrogens (tertiary/aromatic N) is 3. The summed E-state index contributed by atoms with van der Waals surface area (Å²) in [5.74, 6) is 1.07. The van der Waals surface area contributed by atoms with Gasteiger partial charge < -0.3 is 13.8 Å². The normalized spacial score (nSPS) is 11.7. The largest absolute Gasteiger partial charge is 0.467 e. The first kappa shape index (κ1) is 20.2. The third kappa shape index (κ3) is 4.49. The van der Waals surface area contributed by atoms with Gasteiger partial charge in [-0.3, -0.25) is 4.79 Å². The smallest absolute Gasteiger partial charge is 0.242 e. The summed E-state index contributed by atoms with van der Waals surface area (Å²) in [7, 11) is -2.29. The summed E-state index contributed by atoms with van der Waals surface area (Å²) in [4.78, 5) is 19.1. The number of hydrogen-bond acceptors (Lipinski definition) is 8. The molecule has 0 saturated carbocycles. The molecule has 0 spiro atoms. The number of rotatable bonds is 8. The molecule has 1 amide bonds. The van der Waals surface area contributed by atoms with Gasteiger partial charge in [-0.25, -0.2) is 13.1 Å². The number of nitrogens with one attached hydrogen (secondary N) is 1. The zero-order valence-electron chi connectivity index (χ0n) is 15.6. The van der Waals surface area contributed by atoms with E-state index in [0.29, 0.717) is 33.7 Å². The number of likely N-dealkylation sites (N-methyl/N-ethyl adjacent to an activating group) is 1. The lowest BCUT2D eigenvalue weighted by Crippen LogP contribution is -2.37. The Morgan fingerprint density at radius 1 is 1.39 bits per heavy atom. The molecule has 150 valence electrons. The number of carbonyl (C=O) groups is 1. The van der Waals surface area contributed by atoms with E-state index in [1.165, 1.54) is 28.6 Å². The summed E-state index contributed by atoms with van der Waals surface area (Å²) in [5, 5.41) is 3.87. The fourth-order valence-electron chi connectivity index (χ4n) is 2.43. The minimum absolute atomic E-state index is 0.0943. The molecule has 0 unspecified atom stereocenters. The third-order valence-corrected chi connectivity index (χ3v) is 6.67. The van der Waals surface area contributed by atoms with Gasteiger partial charge in [0.05, 0.1) is 29.1 Å². The number of sulfonamides is 1. The minimum Gasteiger partial charge on any atom is -0.467 e. The van der Waals surface area contributed by atoms with E-state index in [1.807, 2.05) is 6.92 Å². The summed E-state index contributed by atoms with van der Waals surface area (Å²) in [6, 6.07) is 4.95. The van der Waals surface area contributed by atoms with Crippen molar-refractivity contribution in [1.29, 1.82) is 0 Å². The van der Waals surface area contributed by atoms with E-state index >= 15 is 0 Å². The molecule has 9 nitrogen and oxygen atoms in total. The predicted octanol–water partition coefficient (Wildman–Crippen LogP) is 2.20. The van der Waals surface area contributed by atoms with Gasteiger partial charge in [0, 0.05) is 18.3 Å². The summed E-state index contributed by atoms with van der Waals surface area (Å²) in [6.07, 6.45) is 2.11. The molecular formula is C17H20N4O5S2. The van der Waals surface area contributed by atoms with Crippen molar-refractivity contribution in [2.45, 2.75) is 31.7 Å². The van der Waals surface area contributed by atoms with E-state index < -0.39 is 10.0 Å². The van der Waals surface area contributed by atoms with Crippen molar-refractivity contribution in [3.05, 3.63) is 41.0 Å². The number of carbonyl (C=O) groups excluding carboxylic acids is 1. The number of hydrogen-bond donors (Lipinski definition) is 1. The average molecular weight is 425 g/mol. The van der Waals surface area contributed by atoms with E-state index in [0.717, 1.165) is 0 Å². The number of aryl methyl sites for hydroxylation is 2. The van der Waals surface area contributed by atoms with Gasteiger partial charge in [0.25, 0.3) is 0 Å². The summed E-state index contributed by atoms with van der Waals surface area (Å²) < 4.78 is 37.9. The van der Waals surface area contributed by atoms with Crippen molar-refractivity contribution in [3.63, 3.8) is 0 Å². The van der Waals surface area contributed by atoms with Crippen LogP contribution in [0.2, 0.25) is 0 Å². The van der Waals surface area contributed by atoms with Crippen LogP contribution in [0, 0.1) is 6.92 Å². The quantitative estimate of drug-likeness (QED) is 0.589. The number of thiophene rings is 1. The maximum Gasteiger partial charge on any atom is 0.242 e. The van der Waals surface area contributed by atoms with Crippen LogP contribution in [0.15, 0.2) is 38.3 Å². The Labute approximate surface area is 166 Å². The molecule has 1 N–H and O–H groups in total. The first-order chi connectivity index (χ1) is 13.3. The summed E-state index contributed by atoms with van der Waals surface area (Å²) in [6.45, 7) is 3.48. The van der Waals surface area contributed by atoms with E-state index in [2.05, 4.69) is 14.9 Å². The zero-order valence-corrected chi connectivity index (χ0v) is 17.3. The van der Waals surface area contributed by atoms with Crippen molar-refractivity contribution in [1.82, 2.24) is 19.8 Å². The van der Waals surface area contributed by atoms with Crippen molar-refractivity contribution in [2.75, 3.05) is 13.6 Å². The fraction of sp³-hybridized carbons (Fsp3) is 0.353. The molecule has 11 heteroatoms. The Morgan fingerprint density at radius 2 is 2.18 bits per heavy atom. The molecule has 0 atom stereocenters. The van der Waals surface area contributed by atoms with Gasteiger partial charge in [-0.05, 0) is 25.1 Å². The molecule has 3 aromatic heterocycles. The van der Waals surface area contributed by atoms with Gasteiger partial charge in [-0.15, -0.1) is 11.3 Å². The summed E-state index contributed by atoms with van der Waals surface area (Å²) in [5.41, 5.74) is 0. The van der Waals surface area contributed by atoms with Crippen LogP contribution in [-0.4, -0.2) is 43.0 Å². The average Bonchev–Trinajstić information content (AvgIpc) is 3.39. The van der Waals surface area contributed by atoms with Gasteiger partial charge in [-0.1, -0.05) is 12.1 Å². The fourth-order valence-corrected chi connectivity index (χ4v) is 4.92. The van der Waals surface area contributed by atoms with Crippen LogP contribution in [0.25, 0.3) is 10.7 Å². The maximum absolute atomic E-state index is 12.6. The maximum atomic E-state index is 12.6. The van der Waals surface area contributed by atoms with Crippen LogP contribution < -0.4 is 4.72 Å². The highest BCUT2D eigenvalue weighted by molar-refractivity contribution is 7.89. The third-order valence-electron chi connectivity index (χ3n) is 3.96. The van der Waals surface area contributed by atoms with Crippen LogP contribution in [0.4, 0.5) is 0 Å². The van der Waals surface area contributed by atoms with Crippen LogP contribution >= 0.6 is 11.3 Å². The zero-order chi connectivity index (χ0) is 20.3. The van der Waals surface area contributed by atoms with Crippen LogP contribution in [0.5, 0.6) is 0 Å². The van der Waals surface area contributed by atoms with E-state index in [9.17, 15) is 13.2 Å². The van der Waals surface area contributed by atoms with E-state index in [1.54, 1.807) is 26.1 Å². The number of furan rings is 1. The molecule has 0 aromatic carbocycles. The molecule has 0 bridgehead atoms. The van der Waals surface area contributed by atoms with E-state index in [4.69, 9.17) is 8.94 Å². The second-order valence-corrected chi connectivity index (χ2v) is 9.04. The molecule has 0 fully saturated rings. The van der Waals surface area contributed by atoms with Gasteiger partial charge in [0.1, 0.15) is 5.76 Å². The Hall–Kier alpha value is -2.50. The molecule has 0 radical (unpaired) electrons. The summed E-state index contributed by atoms with van der Waals surface area (Å²) >= 11 is 1.25. The first-order valence-corrected chi connectivity index (χ1v) is 10.8. The molecule has 3 aromatic rings. The highest BCUT2D eigenvalue weighted by Gasteiger charge is 2.23. The Morgan fingerprint density at radius 3 is 2.82 bits per heavy atom. The van der Waals surface area contributed by atoms with Gasteiger partial charge in [-0.2, -0.15) is 4.98 Å². The van der Waals surface area contributed by atoms with Crippen LogP contribution in [-0.2, 0) is 27.8 Å². The molecule has 0 aliphatic rings. The molecule has 3 rings (SSSR count). The van der Waals surface area contributed by atoms with E-state index in [-0.39, 0.29) is 23.9 Å². The SMILES string of the molecule is CCc1nc(-c2cc(S(=O)(=O)NCC(=O)N(C)Cc3ccco3)c(C)s2)no1. The molecule has 0 saturated heterocycles. The van der Waals surface area contributed by atoms with Gasteiger partial charge in [0.15, 0.2) is 0 Å². The van der Waals surface area contributed by atoms with Crippen molar-refractivity contribution in [2.24, 2.45) is 0 Å². The topological polar surface area (TPSA) is 119 Å². The highest BCUT2D eigenvalue weighted by atomic mass is 32.2. The van der Waals surface area contributed by atoms with Crippen LogP contribution in [0.3, 0.4) is 0 Å². The number of amides is 1. The highest BCUT2D eigenvalue weighted by Crippen LogP contribution is 2.32. The predicted molar refractivity (Wildman–Crippen MR) is 102 cm³/mol. The van der Waals surface area contributed by atoms with Crippen LogP contribution in [0.1, 0.15) is 23.5 Å². The van der Waals surface area contributed by atoms with Gasteiger partial charge >= 0.3 is 0 Å². The van der Waals surface area contributed by atoms with Gasteiger partial charge in [0.2, 0.25) is 27.6 Å². The lowest BCUT2D eigenvalue weighted by Gasteiger charge is -2.16. The lowest BCUT2D eigenvalue weighted by atomic mass is 10.4. The Bertz CT molecular complexity index is 1050. The molecule has 0 aliphatic heterocycles. The van der Waals surface area contributed by atoms with Crippen molar-refractivity contribution >= 4 is 27.3 Å². The molecule has 3 heterocycles. The first-order valence-electron chi connectivity index (χ1n) is 8.49. The molecular weight excluding hydrogens is 404 g/mol. The lowest BCUT2D eigenvalue weighted by molar-refractivity contribution is -0.129. The molecule has 28 heavy (non-hydrogen) atoms. The standard InChI is InChI=1S/C17H20N4O5S2/c1-4-15-19-17(20-26-15)13-8-14(11(2)27-13)28(23,24)18-9-16(22)21(3)10-12-6-5-7-25-12/h5-8,18H,4,9-10H2,1-3H3. The number of aromatic nitrogens is 2. The monoisotopic (exact) mass is 424 g/mol. The van der Waals surface area contributed by atoms with Crippen molar-refractivity contribution in [3.8, 4) is 10.7 Å². The van der Waals surface area contributed by atoms with Crippen molar-refractivity contribution < 1.29 is 22.2 Å². The Balaban J connectivity index is 1.68. The molecule has 0 aliphatic carbocycles. The second kappa shape index (κ2) is 8.25. The minimum atomic E-state index is -3.86. The Kier molecular flexibility index (Phi) is 5.96.